The van der Waals surface area contributed by atoms with E-state index in [0.29, 0.717) is 12.1 Å². The number of carboxylic acids is 1. The average Bonchev–Trinajstić information content (AvgIpc) is 2.37. The Balaban J connectivity index is 3.21. The van der Waals surface area contributed by atoms with Gasteiger partial charge in [-0.3, -0.25) is 14.9 Å². The van der Waals surface area contributed by atoms with Crippen LogP contribution in [-0.4, -0.2) is 44.2 Å². The largest absolute Gasteiger partial charge is 0.480 e. The standard InChI is InChI=1S/C10H11FN2O7S/c1-20-5-8(10(14)15)12-21(18,19)9-4-6(13(16)17)2-3-7(9)11/h2-4,8,12H,5H2,1H3,(H,14,15). The van der Waals surface area contributed by atoms with Crippen LogP contribution in [0.25, 0.3) is 0 Å². The number of methoxy groups -OCH3 is 1. The lowest BCUT2D eigenvalue weighted by molar-refractivity contribution is -0.385. The topological polar surface area (TPSA) is 136 Å². The van der Waals surface area contributed by atoms with Crippen molar-refractivity contribution in [1.82, 2.24) is 4.72 Å². The predicted octanol–water partition coefficient (Wildman–Crippen LogP) is 0.112. The first-order valence-corrected chi connectivity index (χ1v) is 6.85. The van der Waals surface area contributed by atoms with Crippen molar-refractivity contribution in [1.29, 1.82) is 0 Å². The summed E-state index contributed by atoms with van der Waals surface area (Å²) in [5.41, 5.74) is -0.643. The number of benzene rings is 1. The van der Waals surface area contributed by atoms with Gasteiger partial charge in [-0.1, -0.05) is 0 Å². The van der Waals surface area contributed by atoms with Gasteiger partial charge < -0.3 is 9.84 Å². The summed E-state index contributed by atoms with van der Waals surface area (Å²) in [6.45, 7) is -0.495. The molecule has 0 amide bonds. The van der Waals surface area contributed by atoms with Crippen LogP contribution in [0.15, 0.2) is 23.1 Å². The van der Waals surface area contributed by atoms with Gasteiger partial charge in [-0.25, -0.2) is 12.8 Å². The first-order valence-electron chi connectivity index (χ1n) is 5.37. The van der Waals surface area contributed by atoms with Gasteiger partial charge in [0.05, 0.1) is 11.5 Å². The van der Waals surface area contributed by atoms with Crippen molar-refractivity contribution in [3.63, 3.8) is 0 Å². The highest BCUT2D eigenvalue weighted by molar-refractivity contribution is 7.89. The third kappa shape index (κ3) is 4.18. The molecule has 116 valence electrons. The van der Waals surface area contributed by atoms with E-state index in [9.17, 15) is 27.7 Å². The first-order chi connectivity index (χ1) is 9.69. The zero-order chi connectivity index (χ0) is 16.2. The van der Waals surface area contributed by atoms with Crippen LogP contribution in [0.2, 0.25) is 0 Å². The number of carboxylic acid groups (broad SMARTS) is 1. The molecule has 0 heterocycles. The maximum atomic E-state index is 13.5. The maximum Gasteiger partial charge on any atom is 0.324 e. The second kappa shape index (κ2) is 6.56. The smallest absolute Gasteiger partial charge is 0.324 e. The molecule has 0 aliphatic heterocycles. The van der Waals surface area contributed by atoms with E-state index in [-0.39, 0.29) is 0 Å². The summed E-state index contributed by atoms with van der Waals surface area (Å²) in [4.78, 5) is 19.5. The van der Waals surface area contributed by atoms with Crippen LogP contribution in [-0.2, 0) is 19.6 Å². The van der Waals surface area contributed by atoms with Crippen molar-refractivity contribution in [3.05, 3.63) is 34.1 Å². The SMILES string of the molecule is COCC(NS(=O)(=O)c1cc([N+](=O)[O-])ccc1F)C(=O)O. The average molecular weight is 322 g/mol. The fraction of sp³-hybridized carbons (Fsp3) is 0.300. The van der Waals surface area contributed by atoms with Crippen LogP contribution in [0.3, 0.4) is 0 Å². The number of nitrogens with zero attached hydrogens (tertiary/aromatic N) is 1. The molecule has 0 saturated carbocycles. The van der Waals surface area contributed by atoms with Crippen LogP contribution < -0.4 is 4.72 Å². The number of non-ortho nitro benzene ring substituents is 1. The van der Waals surface area contributed by atoms with E-state index in [1.807, 2.05) is 0 Å². The van der Waals surface area contributed by atoms with E-state index in [0.717, 1.165) is 13.2 Å². The Bertz CT molecular complexity index is 661. The van der Waals surface area contributed by atoms with Crippen molar-refractivity contribution in [2.75, 3.05) is 13.7 Å². The normalized spacial score (nSPS) is 12.9. The molecule has 21 heavy (non-hydrogen) atoms. The zero-order valence-corrected chi connectivity index (χ0v) is 11.5. The fourth-order valence-electron chi connectivity index (χ4n) is 1.38. The van der Waals surface area contributed by atoms with E-state index >= 15 is 0 Å². The molecule has 0 bridgehead atoms. The van der Waals surface area contributed by atoms with Gasteiger partial charge in [-0.15, -0.1) is 0 Å². The fourth-order valence-corrected chi connectivity index (χ4v) is 2.66. The van der Waals surface area contributed by atoms with E-state index < -0.39 is 50.0 Å². The highest BCUT2D eigenvalue weighted by Crippen LogP contribution is 2.21. The van der Waals surface area contributed by atoms with Crippen molar-refractivity contribution in [2.45, 2.75) is 10.9 Å². The molecule has 11 heteroatoms. The van der Waals surface area contributed by atoms with Crippen molar-refractivity contribution in [3.8, 4) is 0 Å². The summed E-state index contributed by atoms with van der Waals surface area (Å²) in [5, 5.41) is 19.4. The first kappa shape index (κ1) is 16.9. The van der Waals surface area contributed by atoms with Crippen molar-refractivity contribution < 1.29 is 32.4 Å². The van der Waals surface area contributed by atoms with Crippen LogP contribution in [0.4, 0.5) is 10.1 Å². The summed E-state index contributed by atoms with van der Waals surface area (Å²) in [6.07, 6.45) is 0. The summed E-state index contributed by atoms with van der Waals surface area (Å²) in [6, 6.07) is 0.249. The molecule has 1 aromatic carbocycles. The number of aliphatic carboxylic acids is 1. The van der Waals surface area contributed by atoms with E-state index in [4.69, 9.17) is 5.11 Å². The number of nitrogens with one attached hydrogen (secondary N) is 1. The van der Waals surface area contributed by atoms with Gasteiger partial charge >= 0.3 is 5.97 Å². The van der Waals surface area contributed by atoms with Crippen LogP contribution in [0, 0.1) is 15.9 Å². The molecule has 1 atom stereocenters. The summed E-state index contributed by atoms with van der Waals surface area (Å²) >= 11 is 0. The van der Waals surface area contributed by atoms with Crippen molar-refractivity contribution in [2.24, 2.45) is 0 Å². The second-order valence-corrected chi connectivity index (χ2v) is 5.52. The molecule has 0 fully saturated rings. The lowest BCUT2D eigenvalue weighted by Gasteiger charge is -2.14. The minimum atomic E-state index is -4.60. The molecule has 1 rings (SSSR count). The number of hydrogen-bond donors (Lipinski definition) is 2. The Kier molecular flexibility index (Phi) is 5.29. The molecule has 0 aliphatic rings. The monoisotopic (exact) mass is 322 g/mol. The summed E-state index contributed by atoms with van der Waals surface area (Å²) in [7, 11) is -3.45. The van der Waals surface area contributed by atoms with Crippen LogP contribution in [0.1, 0.15) is 0 Å². The Labute approximate surface area is 118 Å². The number of halogens is 1. The van der Waals surface area contributed by atoms with E-state index in [1.54, 1.807) is 4.72 Å². The van der Waals surface area contributed by atoms with Gasteiger partial charge in [0.2, 0.25) is 10.0 Å². The number of rotatable bonds is 7. The number of sulfonamides is 1. The van der Waals surface area contributed by atoms with Crippen LogP contribution in [0.5, 0.6) is 0 Å². The van der Waals surface area contributed by atoms with E-state index in [2.05, 4.69) is 4.74 Å². The van der Waals surface area contributed by atoms with Gasteiger partial charge in [0, 0.05) is 19.2 Å². The molecular formula is C10H11FN2O7S. The lowest BCUT2D eigenvalue weighted by atomic mass is 10.3. The second-order valence-electron chi connectivity index (χ2n) is 3.84. The van der Waals surface area contributed by atoms with Crippen LogP contribution >= 0.6 is 0 Å². The van der Waals surface area contributed by atoms with Gasteiger partial charge in [-0.05, 0) is 6.07 Å². The molecule has 9 nitrogen and oxygen atoms in total. The number of nitro benzene ring substituents is 1. The van der Waals surface area contributed by atoms with Gasteiger partial charge in [-0.2, -0.15) is 4.72 Å². The molecule has 1 aromatic rings. The van der Waals surface area contributed by atoms with Gasteiger partial charge in [0.25, 0.3) is 5.69 Å². The van der Waals surface area contributed by atoms with Gasteiger partial charge in [0.1, 0.15) is 16.8 Å². The number of hydrogen-bond acceptors (Lipinski definition) is 6. The lowest BCUT2D eigenvalue weighted by Crippen LogP contribution is -2.43. The highest BCUT2D eigenvalue weighted by atomic mass is 32.2. The number of ether oxygens (including phenoxy) is 1. The molecular weight excluding hydrogens is 311 g/mol. The Hall–Kier alpha value is -2.11. The minimum Gasteiger partial charge on any atom is -0.480 e. The third-order valence-electron chi connectivity index (χ3n) is 2.34. The molecule has 0 spiro atoms. The Morgan fingerprint density at radius 3 is 2.67 bits per heavy atom. The quantitative estimate of drug-likeness (QED) is 0.537. The number of carbonyl (C=O) groups is 1. The predicted molar refractivity (Wildman–Crippen MR) is 66.7 cm³/mol. The maximum absolute atomic E-state index is 13.5. The molecule has 2 N–H and O–H groups in total. The molecule has 1 unspecified atom stereocenters. The number of nitro groups is 1. The zero-order valence-electron chi connectivity index (χ0n) is 10.6. The molecule has 0 saturated heterocycles. The summed E-state index contributed by atoms with van der Waals surface area (Å²) in [5.74, 6) is -2.78. The van der Waals surface area contributed by atoms with Gasteiger partial charge in [0.15, 0.2) is 0 Å². The van der Waals surface area contributed by atoms with E-state index in [1.165, 1.54) is 0 Å². The minimum absolute atomic E-state index is 0.495. The molecule has 0 radical (unpaired) electrons. The highest BCUT2D eigenvalue weighted by Gasteiger charge is 2.28. The molecule has 0 aromatic heterocycles. The Morgan fingerprint density at radius 2 is 2.19 bits per heavy atom. The van der Waals surface area contributed by atoms with Crippen molar-refractivity contribution >= 4 is 21.7 Å². The Morgan fingerprint density at radius 1 is 1.57 bits per heavy atom. The third-order valence-corrected chi connectivity index (χ3v) is 3.83. The molecule has 0 aliphatic carbocycles. The summed E-state index contributed by atoms with van der Waals surface area (Å²) < 4.78 is 43.6.